The van der Waals surface area contributed by atoms with Gasteiger partial charge in [-0.05, 0) is 54.1 Å². The molecule has 0 atom stereocenters. The lowest BCUT2D eigenvalue weighted by atomic mass is 10.2. The summed E-state index contributed by atoms with van der Waals surface area (Å²) in [4.78, 5) is 38.5. The predicted octanol–water partition coefficient (Wildman–Crippen LogP) is 4.33. The Bertz CT molecular complexity index is 926. The summed E-state index contributed by atoms with van der Waals surface area (Å²) in [6.45, 7) is 3.06. The van der Waals surface area contributed by atoms with E-state index in [1.165, 1.54) is 0 Å². The van der Waals surface area contributed by atoms with Crippen molar-refractivity contribution in [3.05, 3.63) is 70.6 Å². The van der Waals surface area contributed by atoms with Crippen LogP contribution >= 0.6 is 11.8 Å². The van der Waals surface area contributed by atoms with Crippen molar-refractivity contribution < 1.29 is 19.1 Å². The van der Waals surface area contributed by atoms with E-state index < -0.39 is 0 Å². The second-order valence-electron chi connectivity index (χ2n) is 6.73. The van der Waals surface area contributed by atoms with E-state index in [2.05, 4.69) is 12.2 Å². The van der Waals surface area contributed by atoms with Gasteiger partial charge >= 0.3 is 0 Å². The number of hydrogen-bond donors (Lipinski definition) is 1. The molecule has 0 aromatic heterocycles. The van der Waals surface area contributed by atoms with Crippen LogP contribution in [0, 0.1) is 0 Å². The van der Waals surface area contributed by atoms with E-state index in [0.29, 0.717) is 17.1 Å². The summed E-state index contributed by atoms with van der Waals surface area (Å²) in [7, 11) is 0. The van der Waals surface area contributed by atoms with Crippen LogP contribution in [-0.2, 0) is 4.79 Å². The van der Waals surface area contributed by atoms with Crippen LogP contribution in [0.4, 0.5) is 4.79 Å². The number of nitrogens with zero attached hydrogens (tertiary/aromatic N) is 1. The molecule has 1 heterocycles. The van der Waals surface area contributed by atoms with Gasteiger partial charge in [-0.15, -0.1) is 0 Å². The van der Waals surface area contributed by atoms with Gasteiger partial charge in [0.25, 0.3) is 17.1 Å². The van der Waals surface area contributed by atoms with Gasteiger partial charge in [-0.3, -0.25) is 19.3 Å². The van der Waals surface area contributed by atoms with Crippen molar-refractivity contribution in [2.45, 2.75) is 19.8 Å². The van der Waals surface area contributed by atoms with Gasteiger partial charge in [-0.25, -0.2) is 0 Å². The molecule has 0 spiro atoms. The van der Waals surface area contributed by atoms with Crippen LogP contribution in [0.25, 0.3) is 6.08 Å². The van der Waals surface area contributed by atoms with Crippen LogP contribution in [-0.4, -0.2) is 41.6 Å². The van der Waals surface area contributed by atoms with Crippen LogP contribution in [0.2, 0.25) is 0 Å². The molecule has 1 fully saturated rings. The number of nitrogens with one attached hydrogen (secondary N) is 1. The molecular formula is C23H24N2O4S. The number of imide groups is 1. The average Bonchev–Trinajstić information content (AvgIpc) is 3.02. The summed E-state index contributed by atoms with van der Waals surface area (Å²) >= 11 is 0.913. The van der Waals surface area contributed by atoms with Crippen molar-refractivity contribution >= 4 is 34.9 Å². The first-order valence-corrected chi connectivity index (χ1v) is 10.7. The zero-order valence-electron chi connectivity index (χ0n) is 16.8. The van der Waals surface area contributed by atoms with E-state index in [0.717, 1.165) is 40.8 Å². The molecule has 1 saturated heterocycles. The Morgan fingerprint density at radius 1 is 1.10 bits per heavy atom. The molecule has 6 nitrogen and oxygen atoms in total. The van der Waals surface area contributed by atoms with Gasteiger partial charge in [0.05, 0.1) is 11.5 Å². The van der Waals surface area contributed by atoms with Crippen LogP contribution < -0.4 is 10.1 Å². The lowest BCUT2D eigenvalue weighted by Crippen LogP contribution is -2.37. The van der Waals surface area contributed by atoms with Gasteiger partial charge in [-0.2, -0.15) is 0 Å². The first kappa shape index (κ1) is 21.6. The highest BCUT2D eigenvalue weighted by Crippen LogP contribution is 2.31. The van der Waals surface area contributed by atoms with Crippen LogP contribution in [0.1, 0.15) is 35.7 Å². The second kappa shape index (κ2) is 10.6. The normalized spacial score (nSPS) is 15.0. The molecule has 0 aliphatic carbocycles. The van der Waals surface area contributed by atoms with Crippen molar-refractivity contribution in [1.82, 2.24) is 10.2 Å². The van der Waals surface area contributed by atoms with Crippen LogP contribution in [0.15, 0.2) is 59.5 Å². The third-order valence-corrected chi connectivity index (χ3v) is 5.38. The van der Waals surface area contributed by atoms with E-state index in [1.54, 1.807) is 30.3 Å². The number of amides is 3. The number of ether oxygens (including phenoxy) is 1. The number of carbonyl (C=O) groups excluding carboxylic acids is 3. The lowest BCUT2D eigenvalue weighted by Gasteiger charge is -2.13. The topological polar surface area (TPSA) is 75.7 Å². The first-order chi connectivity index (χ1) is 14.6. The van der Waals surface area contributed by atoms with Gasteiger partial charge in [0.15, 0.2) is 0 Å². The number of benzene rings is 2. The van der Waals surface area contributed by atoms with Crippen molar-refractivity contribution in [1.29, 1.82) is 0 Å². The quantitative estimate of drug-likeness (QED) is 0.479. The highest BCUT2D eigenvalue weighted by atomic mass is 32.2. The largest absolute Gasteiger partial charge is 0.494 e. The molecule has 1 aliphatic heterocycles. The maximum atomic E-state index is 12.5. The Morgan fingerprint density at radius 3 is 2.53 bits per heavy atom. The standard InChI is InChI=1S/C23H24N2O4S/c1-2-3-15-29-19-11-9-18(10-12-19)21(26)24-13-14-25-22(27)20(30-23(25)28)16-17-7-5-4-6-8-17/h4-12,16H,2-3,13-15H2,1H3,(H,24,26). The molecule has 3 amide bonds. The Hall–Kier alpha value is -3.06. The molecule has 156 valence electrons. The zero-order chi connectivity index (χ0) is 21.3. The third-order valence-electron chi connectivity index (χ3n) is 4.48. The number of hydrogen-bond acceptors (Lipinski definition) is 5. The maximum Gasteiger partial charge on any atom is 0.293 e. The summed E-state index contributed by atoms with van der Waals surface area (Å²) in [5, 5.41) is 2.42. The van der Waals surface area contributed by atoms with Crippen LogP contribution in [0.3, 0.4) is 0 Å². The number of carbonyl (C=O) groups is 3. The molecule has 7 heteroatoms. The van der Waals surface area contributed by atoms with Gasteiger partial charge < -0.3 is 10.1 Å². The van der Waals surface area contributed by atoms with E-state index in [9.17, 15) is 14.4 Å². The van der Waals surface area contributed by atoms with E-state index >= 15 is 0 Å². The van der Waals surface area contributed by atoms with E-state index in [4.69, 9.17) is 4.74 Å². The summed E-state index contributed by atoms with van der Waals surface area (Å²) in [5.41, 5.74) is 1.36. The fraction of sp³-hybridized carbons (Fsp3) is 0.261. The lowest BCUT2D eigenvalue weighted by molar-refractivity contribution is -0.122. The van der Waals surface area contributed by atoms with Gasteiger partial charge in [0.1, 0.15) is 5.75 Å². The van der Waals surface area contributed by atoms with E-state index in [1.807, 2.05) is 30.3 Å². The Kier molecular flexibility index (Phi) is 7.68. The highest BCUT2D eigenvalue weighted by molar-refractivity contribution is 8.18. The molecule has 3 rings (SSSR count). The first-order valence-electron chi connectivity index (χ1n) is 9.90. The van der Waals surface area contributed by atoms with Crippen molar-refractivity contribution in [2.24, 2.45) is 0 Å². The maximum absolute atomic E-state index is 12.5. The minimum absolute atomic E-state index is 0.126. The molecule has 0 saturated carbocycles. The highest BCUT2D eigenvalue weighted by Gasteiger charge is 2.34. The van der Waals surface area contributed by atoms with Gasteiger partial charge in [0, 0.05) is 18.7 Å². The Labute approximate surface area is 180 Å². The Balaban J connectivity index is 1.49. The molecule has 2 aromatic rings. The predicted molar refractivity (Wildman–Crippen MR) is 118 cm³/mol. The van der Waals surface area contributed by atoms with Crippen molar-refractivity contribution in [3.63, 3.8) is 0 Å². The average molecular weight is 425 g/mol. The number of unbranched alkanes of at least 4 members (excludes halogenated alkanes) is 1. The Morgan fingerprint density at radius 2 is 1.83 bits per heavy atom. The number of thioether (sulfide) groups is 1. The van der Waals surface area contributed by atoms with Gasteiger partial charge in [0.2, 0.25) is 0 Å². The number of rotatable bonds is 9. The van der Waals surface area contributed by atoms with Crippen molar-refractivity contribution in [2.75, 3.05) is 19.7 Å². The van der Waals surface area contributed by atoms with E-state index in [-0.39, 0.29) is 30.1 Å². The molecule has 1 N–H and O–H groups in total. The summed E-state index contributed by atoms with van der Waals surface area (Å²) in [6.07, 6.45) is 3.74. The fourth-order valence-electron chi connectivity index (χ4n) is 2.81. The molecule has 30 heavy (non-hydrogen) atoms. The minimum atomic E-state index is -0.336. The fourth-order valence-corrected chi connectivity index (χ4v) is 3.68. The summed E-state index contributed by atoms with van der Waals surface area (Å²) in [6, 6.07) is 16.3. The SMILES string of the molecule is CCCCOc1ccc(C(=O)NCCN2C(=O)SC(=Cc3ccccc3)C2=O)cc1. The monoisotopic (exact) mass is 424 g/mol. The van der Waals surface area contributed by atoms with Crippen molar-refractivity contribution in [3.8, 4) is 5.75 Å². The van der Waals surface area contributed by atoms with Crippen LogP contribution in [0.5, 0.6) is 5.75 Å². The molecule has 1 aliphatic rings. The molecule has 0 radical (unpaired) electrons. The smallest absolute Gasteiger partial charge is 0.293 e. The third kappa shape index (κ3) is 5.73. The second-order valence-corrected chi connectivity index (χ2v) is 7.72. The molecule has 2 aromatic carbocycles. The van der Waals surface area contributed by atoms with Gasteiger partial charge in [-0.1, -0.05) is 43.7 Å². The molecule has 0 unspecified atom stereocenters. The zero-order valence-corrected chi connectivity index (χ0v) is 17.6. The summed E-state index contributed by atoms with van der Waals surface area (Å²) < 4.78 is 5.59. The minimum Gasteiger partial charge on any atom is -0.494 e. The summed E-state index contributed by atoms with van der Waals surface area (Å²) in [5.74, 6) is 0.126. The molecule has 0 bridgehead atoms. The molecular weight excluding hydrogens is 400 g/mol.